The van der Waals surface area contributed by atoms with Crippen molar-refractivity contribution in [1.82, 2.24) is 4.90 Å². The van der Waals surface area contributed by atoms with Crippen molar-refractivity contribution in [3.05, 3.63) is 0 Å². The molecule has 1 unspecified atom stereocenters. The van der Waals surface area contributed by atoms with Gasteiger partial charge in [-0.1, -0.05) is 19.3 Å². The highest BCUT2D eigenvalue weighted by Crippen LogP contribution is 2.24. The fourth-order valence-corrected chi connectivity index (χ4v) is 3.18. The molecule has 0 radical (unpaired) electrons. The molecule has 0 aromatic carbocycles. The Kier molecular flexibility index (Phi) is 5.64. The number of carbonyl (C=O) groups excluding carboxylic acids is 1. The van der Waals surface area contributed by atoms with Crippen LogP contribution in [0.5, 0.6) is 0 Å². The number of nitrogens with zero attached hydrogens (tertiary/aromatic N) is 1. The highest BCUT2D eigenvalue weighted by atomic mass is 16.5. The smallest absolute Gasteiger partial charge is 0.149 e. The molecular formula is C15H27NO2. The van der Waals surface area contributed by atoms with Crippen molar-refractivity contribution in [2.45, 2.75) is 57.5 Å². The van der Waals surface area contributed by atoms with Crippen LogP contribution in [0.1, 0.15) is 51.4 Å². The summed E-state index contributed by atoms with van der Waals surface area (Å²) in [4.78, 5) is 14.3. The van der Waals surface area contributed by atoms with Crippen LogP contribution in [-0.4, -0.2) is 43.5 Å². The Morgan fingerprint density at radius 2 is 1.83 bits per heavy atom. The number of hydrogen-bond acceptors (Lipinski definition) is 3. The van der Waals surface area contributed by atoms with Gasteiger partial charge in [-0.25, -0.2) is 0 Å². The summed E-state index contributed by atoms with van der Waals surface area (Å²) in [6, 6.07) is 0. The van der Waals surface area contributed by atoms with Gasteiger partial charge in [-0.2, -0.15) is 0 Å². The molecule has 1 heterocycles. The Morgan fingerprint density at radius 3 is 2.50 bits per heavy atom. The van der Waals surface area contributed by atoms with E-state index in [-0.39, 0.29) is 0 Å². The topological polar surface area (TPSA) is 29.5 Å². The predicted octanol–water partition coefficient (Wildman–Crippen LogP) is 2.64. The molecule has 3 heteroatoms. The minimum atomic E-state index is 0.341. The number of ether oxygens (including phenoxy) is 1. The third-order valence-electron chi connectivity index (χ3n) is 4.28. The molecule has 0 aromatic heterocycles. The molecule has 0 aromatic rings. The minimum Gasteiger partial charge on any atom is -0.377 e. The third kappa shape index (κ3) is 4.36. The molecule has 0 spiro atoms. The van der Waals surface area contributed by atoms with Crippen LogP contribution >= 0.6 is 0 Å². The molecule has 2 fully saturated rings. The zero-order chi connectivity index (χ0) is 12.8. The molecule has 104 valence electrons. The summed E-state index contributed by atoms with van der Waals surface area (Å²) < 4.78 is 5.72. The average molecular weight is 253 g/mol. The van der Waals surface area contributed by atoms with Crippen LogP contribution in [-0.2, 0) is 9.53 Å². The van der Waals surface area contributed by atoms with Gasteiger partial charge in [-0.15, -0.1) is 0 Å². The Morgan fingerprint density at radius 1 is 1.11 bits per heavy atom. The van der Waals surface area contributed by atoms with Crippen LogP contribution in [0, 0.1) is 5.92 Å². The lowest BCUT2D eigenvalue weighted by Crippen LogP contribution is -2.38. The lowest BCUT2D eigenvalue weighted by molar-refractivity contribution is -0.125. The first-order valence-electron chi connectivity index (χ1n) is 7.58. The Bertz CT molecular complexity index is 255. The van der Waals surface area contributed by atoms with Gasteiger partial charge in [0.05, 0.1) is 12.6 Å². The fourth-order valence-electron chi connectivity index (χ4n) is 3.18. The second kappa shape index (κ2) is 7.25. The van der Waals surface area contributed by atoms with Crippen LogP contribution < -0.4 is 0 Å². The third-order valence-corrected chi connectivity index (χ3v) is 4.28. The number of Topliss-reactive ketones (excluding diaryl/α,β-unsaturated/α-hetero) is 1. The van der Waals surface area contributed by atoms with Crippen LogP contribution in [0.15, 0.2) is 0 Å². The van der Waals surface area contributed by atoms with E-state index < -0.39 is 0 Å². The Labute approximate surface area is 111 Å². The molecule has 1 aliphatic carbocycles. The molecule has 18 heavy (non-hydrogen) atoms. The second-order valence-corrected chi connectivity index (χ2v) is 5.99. The van der Waals surface area contributed by atoms with Crippen molar-refractivity contribution in [2.75, 3.05) is 26.7 Å². The summed E-state index contributed by atoms with van der Waals surface area (Å²) in [5.41, 5.74) is 0. The van der Waals surface area contributed by atoms with E-state index in [1.807, 2.05) is 0 Å². The van der Waals surface area contributed by atoms with E-state index in [2.05, 4.69) is 11.9 Å². The Balaban J connectivity index is 1.68. The quantitative estimate of drug-likeness (QED) is 0.754. The van der Waals surface area contributed by atoms with Gasteiger partial charge in [0.15, 0.2) is 0 Å². The predicted molar refractivity (Wildman–Crippen MR) is 72.7 cm³/mol. The molecule has 1 aliphatic heterocycles. The van der Waals surface area contributed by atoms with Crippen molar-refractivity contribution in [1.29, 1.82) is 0 Å². The Hall–Kier alpha value is -0.410. The molecule has 2 rings (SSSR count). The van der Waals surface area contributed by atoms with Crippen LogP contribution in [0.2, 0.25) is 0 Å². The highest BCUT2D eigenvalue weighted by Gasteiger charge is 2.23. The first kappa shape index (κ1) is 14.0. The largest absolute Gasteiger partial charge is 0.377 e. The van der Waals surface area contributed by atoms with E-state index in [4.69, 9.17) is 4.74 Å². The van der Waals surface area contributed by atoms with Crippen molar-refractivity contribution in [2.24, 2.45) is 5.92 Å². The van der Waals surface area contributed by atoms with E-state index in [0.717, 1.165) is 32.4 Å². The van der Waals surface area contributed by atoms with E-state index in [9.17, 15) is 4.79 Å². The molecule has 0 amide bonds. The zero-order valence-electron chi connectivity index (χ0n) is 11.7. The van der Waals surface area contributed by atoms with E-state index in [1.54, 1.807) is 0 Å². The molecule has 3 nitrogen and oxygen atoms in total. The van der Waals surface area contributed by atoms with Gasteiger partial charge in [-0.05, 0) is 39.2 Å². The van der Waals surface area contributed by atoms with Crippen molar-refractivity contribution in [3.63, 3.8) is 0 Å². The number of carbonyl (C=O) groups is 1. The van der Waals surface area contributed by atoms with Crippen molar-refractivity contribution < 1.29 is 9.53 Å². The van der Waals surface area contributed by atoms with E-state index in [1.165, 1.54) is 32.1 Å². The van der Waals surface area contributed by atoms with Gasteiger partial charge in [0.1, 0.15) is 5.78 Å². The second-order valence-electron chi connectivity index (χ2n) is 5.99. The average Bonchev–Trinajstić information content (AvgIpc) is 2.40. The number of rotatable bonds is 5. The summed E-state index contributed by atoms with van der Waals surface area (Å²) in [6.07, 6.45) is 10.0. The van der Waals surface area contributed by atoms with Gasteiger partial charge in [0.2, 0.25) is 0 Å². The van der Waals surface area contributed by atoms with Gasteiger partial charge in [-0.3, -0.25) is 9.69 Å². The van der Waals surface area contributed by atoms with Crippen LogP contribution in [0.25, 0.3) is 0 Å². The summed E-state index contributed by atoms with van der Waals surface area (Å²) in [5, 5.41) is 0. The lowest BCUT2D eigenvalue weighted by atomic mass is 9.86. The molecule has 1 saturated carbocycles. The fraction of sp³-hybridized carbons (Fsp3) is 0.933. The van der Waals surface area contributed by atoms with E-state index >= 15 is 0 Å². The maximum absolute atomic E-state index is 12.2. The molecule has 0 bridgehead atoms. The first-order valence-corrected chi connectivity index (χ1v) is 7.58. The molecule has 0 N–H and O–H groups in total. The van der Waals surface area contributed by atoms with Crippen LogP contribution in [0.3, 0.4) is 0 Å². The zero-order valence-corrected chi connectivity index (χ0v) is 11.7. The molecule has 1 saturated heterocycles. The van der Waals surface area contributed by atoms with Gasteiger partial charge >= 0.3 is 0 Å². The maximum Gasteiger partial charge on any atom is 0.149 e. The standard InChI is InChI=1S/C15H27NO2/c1-16(11-14-9-5-6-10-18-14)12-15(17)13-7-3-2-4-8-13/h13-14H,2-12H2,1H3. The van der Waals surface area contributed by atoms with Crippen molar-refractivity contribution in [3.8, 4) is 0 Å². The summed E-state index contributed by atoms with van der Waals surface area (Å²) >= 11 is 0. The SMILES string of the molecule is CN(CC(=O)C1CCCCC1)CC1CCCCO1. The molecule has 2 aliphatic rings. The normalized spacial score (nSPS) is 26.4. The lowest BCUT2D eigenvalue weighted by Gasteiger charge is -2.28. The summed E-state index contributed by atoms with van der Waals surface area (Å²) in [7, 11) is 2.05. The monoisotopic (exact) mass is 253 g/mol. The number of likely N-dealkylation sites (N-methyl/N-ethyl adjacent to an activating group) is 1. The number of hydrogen-bond donors (Lipinski definition) is 0. The van der Waals surface area contributed by atoms with Gasteiger partial charge in [0.25, 0.3) is 0 Å². The van der Waals surface area contributed by atoms with Crippen molar-refractivity contribution >= 4 is 5.78 Å². The minimum absolute atomic E-state index is 0.341. The van der Waals surface area contributed by atoms with Crippen LogP contribution in [0.4, 0.5) is 0 Å². The highest BCUT2D eigenvalue weighted by molar-refractivity contribution is 5.83. The number of ketones is 1. The summed E-state index contributed by atoms with van der Waals surface area (Å²) in [6.45, 7) is 2.43. The summed E-state index contributed by atoms with van der Waals surface area (Å²) in [5.74, 6) is 0.793. The van der Waals surface area contributed by atoms with E-state index in [0.29, 0.717) is 24.3 Å². The van der Waals surface area contributed by atoms with Gasteiger partial charge < -0.3 is 4.74 Å². The molecular weight excluding hydrogens is 226 g/mol. The first-order chi connectivity index (χ1) is 8.75. The molecule has 1 atom stereocenters. The van der Waals surface area contributed by atoms with Gasteiger partial charge in [0, 0.05) is 19.1 Å². The maximum atomic E-state index is 12.2.